The van der Waals surface area contributed by atoms with E-state index in [4.69, 9.17) is 5.73 Å². The Morgan fingerprint density at radius 1 is 1.38 bits per heavy atom. The lowest BCUT2D eigenvalue weighted by molar-refractivity contribution is 0.101. The van der Waals surface area contributed by atoms with Crippen molar-refractivity contribution in [2.75, 3.05) is 11.5 Å². The van der Waals surface area contributed by atoms with Crippen LogP contribution in [0.1, 0.15) is 17.3 Å². The summed E-state index contributed by atoms with van der Waals surface area (Å²) in [7, 11) is -3.35. The number of carbonyl (C=O) groups excluding carboxylic acids is 1. The van der Waals surface area contributed by atoms with E-state index in [0.29, 0.717) is 11.3 Å². The van der Waals surface area contributed by atoms with Crippen LogP contribution in [0.3, 0.4) is 0 Å². The second-order valence-electron chi connectivity index (χ2n) is 3.25. The van der Waals surface area contributed by atoms with Gasteiger partial charge >= 0.3 is 0 Å². The van der Waals surface area contributed by atoms with Crippen LogP contribution in [-0.4, -0.2) is 23.2 Å². The van der Waals surface area contributed by atoms with E-state index >= 15 is 0 Å². The summed E-state index contributed by atoms with van der Waals surface area (Å²) in [5, 5.41) is 0. The first-order valence-corrected chi connectivity index (χ1v) is 7.60. The zero-order valence-corrected chi connectivity index (χ0v) is 11.7. The van der Waals surface area contributed by atoms with Gasteiger partial charge in [0.25, 0.3) is 0 Å². The highest BCUT2D eigenvalue weighted by molar-refractivity contribution is 14.1. The molecule has 6 heteroatoms. The smallest absolute Gasteiger partial charge is 0.190 e. The molecule has 0 amide bonds. The minimum atomic E-state index is -3.35. The molecule has 0 aliphatic heterocycles. The maximum absolute atomic E-state index is 11.8. The van der Waals surface area contributed by atoms with Crippen molar-refractivity contribution in [2.45, 2.75) is 10.2 Å². The number of alkyl halides is 1. The SMILES string of the molecule is CCS(=O)(=O)[C@H](I)C(=O)c1ccc(N)cc1. The molecule has 0 unspecified atom stereocenters. The van der Waals surface area contributed by atoms with Crippen molar-refractivity contribution in [3.63, 3.8) is 0 Å². The third-order valence-electron chi connectivity index (χ3n) is 2.12. The Labute approximate surface area is 108 Å². The second-order valence-corrected chi connectivity index (χ2v) is 7.72. The molecule has 0 bridgehead atoms. The Balaban J connectivity index is 2.99. The Morgan fingerprint density at radius 2 is 1.88 bits per heavy atom. The van der Waals surface area contributed by atoms with Crippen LogP contribution >= 0.6 is 22.6 Å². The Kier molecular flexibility index (Phi) is 4.31. The zero-order chi connectivity index (χ0) is 12.3. The summed E-state index contributed by atoms with van der Waals surface area (Å²) in [5.41, 5.74) is 6.39. The molecular formula is C10H12INO3S. The van der Waals surface area contributed by atoms with Gasteiger partial charge in [-0.3, -0.25) is 4.79 Å². The minimum absolute atomic E-state index is 0.0404. The van der Waals surface area contributed by atoms with Gasteiger partial charge in [0.05, 0.1) is 0 Å². The van der Waals surface area contributed by atoms with Gasteiger partial charge in [0.15, 0.2) is 18.9 Å². The fourth-order valence-corrected chi connectivity index (χ4v) is 3.28. The van der Waals surface area contributed by atoms with Gasteiger partial charge in [0.1, 0.15) is 0 Å². The first kappa shape index (κ1) is 13.4. The highest BCUT2D eigenvalue weighted by atomic mass is 127. The van der Waals surface area contributed by atoms with Gasteiger partial charge in [-0.25, -0.2) is 8.42 Å². The van der Waals surface area contributed by atoms with E-state index in [9.17, 15) is 13.2 Å². The van der Waals surface area contributed by atoms with Crippen LogP contribution in [0.15, 0.2) is 24.3 Å². The summed E-state index contributed by atoms with van der Waals surface area (Å²) in [5.74, 6) is -0.441. The lowest BCUT2D eigenvalue weighted by Gasteiger charge is -2.08. The van der Waals surface area contributed by atoms with E-state index in [1.807, 2.05) is 0 Å². The van der Waals surface area contributed by atoms with Gasteiger partial charge in [-0.2, -0.15) is 0 Å². The molecule has 88 valence electrons. The monoisotopic (exact) mass is 353 g/mol. The molecule has 1 aromatic rings. The van der Waals surface area contributed by atoms with Gasteiger partial charge in [0.2, 0.25) is 0 Å². The molecular weight excluding hydrogens is 341 g/mol. The highest BCUT2D eigenvalue weighted by Gasteiger charge is 2.28. The molecule has 1 rings (SSSR count). The summed E-state index contributed by atoms with van der Waals surface area (Å²) < 4.78 is 22.0. The number of halogens is 1. The summed E-state index contributed by atoms with van der Waals surface area (Å²) in [4.78, 5) is 11.8. The van der Waals surface area contributed by atoms with E-state index in [-0.39, 0.29) is 5.75 Å². The van der Waals surface area contributed by atoms with E-state index in [0.717, 1.165) is 0 Å². The molecule has 16 heavy (non-hydrogen) atoms. The number of anilines is 1. The summed E-state index contributed by atoms with van der Waals surface area (Å²) in [6.07, 6.45) is 0. The number of benzene rings is 1. The molecule has 2 N–H and O–H groups in total. The van der Waals surface area contributed by atoms with Crippen LogP contribution in [0.4, 0.5) is 5.69 Å². The quantitative estimate of drug-likeness (QED) is 0.387. The van der Waals surface area contributed by atoms with Crippen molar-refractivity contribution >= 4 is 43.9 Å². The number of nitrogen functional groups attached to an aromatic ring is 1. The molecule has 0 heterocycles. The molecule has 0 aliphatic rings. The van der Waals surface area contributed by atoms with Gasteiger partial charge in [0, 0.05) is 17.0 Å². The van der Waals surface area contributed by atoms with E-state index in [2.05, 4.69) is 0 Å². The van der Waals surface area contributed by atoms with Crippen molar-refractivity contribution in [1.82, 2.24) is 0 Å². The molecule has 0 aromatic heterocycles. The molecule has 1 aromatic carbocycles. The minimum Gasteiger partial charge on any atom is -0.399 e. The fraction of sp³-hybridized carbons (Fsp3) is 0.300. The van der Waals surface area contributed by atoms with Crippen LogP contribution in [-0.2, 0) is 9.84 Å². The van der Waals surface area contributed by atoms with Crippen molar-refractivity contribution in [1.29, 1.82) is 0 Å². The highest BCUT2D eigenvalue weighted by Crippen LogP contribution is 2.18. The average Bonchev–Trinajstić information content (AvgIpc) is 2.28. The maximum Gasteiger partial charge on any atom is 0.190 e. The van der Waals surface area contributed by atoms with Crippen LogP contribution in [0.2, 0.25) is 0 Å². The number of sulfone groups is 1. The van der Waals surface area contributed by atoms with E-state index < -0.39 is 18.9 Å². The molecule has 0 saturated carbocycles. The Morgan fingerprint density at radius 3 is 2.31 bits per heavy atom. The third kappa shape index (κ3) is 2.94. The second kappa shape index (κ2) is 5.13. The number of rotatable bonds is 4. The maximum atomic E-state index is 11.8. The molecule has 1 atom stereocenters. The molecule has 0 saturated heterocycles. The normalized spacial score (nSPS) is 13.4. The van der Waals surface area contributed by atoms with Crippen LogP contribution < -0.4 is 5.73 Å². The lowest BCUT2D eigenvalue weighted by atomic mass is 10.1. The van der Waals surface area contributed by atoms with Crippen molar-refractivity contribution in [3.8, 4) is 0 Å². The van der Waals surface area contributed by atoms with Crippen molar-refractivity contribution < 1.29 is 13.2 Å². The first-order valence-electron chi connectivity index (χ1n) is 4.64. The molecule has 0 fully saturated rings. The largest absolute Gasteiger partial charge is 0.399 e. The fourth-order valence-electron chi connectivity index (χ4n) is 1.09. The van der Waals surface area contributed by atoms with Crippen molar-refractivity contribution in [2.24, 2.45) is 0 Å². The summed E-state index contributed by atoms with van der Waals surface area (Å²) >= 11 is 1.65. The van der Waals surface area contributed by atoms with Gasteiger partial charge in [-0.1, -0.05) is 29.5 Å². The van der Waals surface area contributed by atoms with Crippen LogP contribution in [0.5, 0.6) is 0 Å². The average molecular weight is 353 g/mol. The zero-order valence-electron chi connectivity index (χ0n) is 8.68. The molecule has 4 nitrogen and oxygen atoms in total. The standard InChI is InChI=1S/C10H12INO3S/c1-2-16(14,15)10(11)9(13)7-3-5-8(12)6-4-7/h3-6,10H,2,12H2,1H3/t10-/m0/s1. The number of ketones is 1. The Bertz CT molecular complexity index is 481. The lowest BCUT2D eigenvalue weighted by Crippen LogP contribution is -2.25. The van der Waals surface area contributed by atoms with Gasteiger partial charge in [-0.05, 0) is 24.3 Å². The third-order valence-corrected chi connectivity index (χ3v) is 6.66. The van der Waals surface area contributed by atoms with Crippen molar-refractivity contribution in [3.05, 3.63) is 29.8 Å². The number of hydrogen-bond donors (Lipinski definition) is 1. The summed E-state index contributed by atoms with van der Waals surface area (Å²) in [6, 6.07) is 6.23. The molecule has 0 spiro atoms. The Hall–Kier alpha value is -0.630. The first-order chi connectivity index (χ1) is 7.38. The number of hydrogen-bond acceptors (Lipinski definition) is 4. The van der Waals surface area contributed by atoms with Crippen LogP contribution in [0, 0.1) is 0 Å². The number of nitrogens with two attached hydrogens (primary N) is 1. The topological polar surface area (TPSA) is 77.2 Å². The molecule has 0 aliphatic carbocycles. The number of Topliss-reactive ketones (excluding diaryl/α,β-unsaturated/α-hetero) is 1. The summed E-state index contributed by atoms with van der Waals surface area (Å²) in [6.45, 7) is 1.53. The predicted octanol–water partition coefficient (Wildman–Crippen LogP) is 1.65. The molecule has 0 radical (unpaired) electrons. The van der Waals surface area contributed by atoms with Gasteiger partial charge in [-0.15, -0.1) is 0 Å². The van der Waals surface area contributed by atoms with E-state index in [1.165, 1.54) is 19.1 Å². The predicted molar refractivity (Wildman–Crippen MR) is 72.5 cm³/mol. The van der Waals surface area contributed by atoms with Gasteiger partial charge < -0.3 is 5.73 Å². The van der Waals surface area contributed by atoms with Crippen LogP contribution in [0.25, 0.3) is 0 Å². The van der Waals surface area contributed by atoms with E-state index in [1.54, 1.807) is 34.7 Å². The number of carbonyl (C=O) groups is 1.